The number of hydrogen-bond donors (Lipinski definition) is 2. The smallest absolute Gasteiger partial charge is 0.325 e. The van der Waals surface area contributed by atoms with Crippen molar-refractivity contribution in [3.8, 4) is 0 Å². The summed E-state index contributed by atoms with van der Waals surface area (Å²) < 4.78 is 1.71. The molecule has 3 amide bonds. The zero-order valence-electron chi connectivity index (χ0n) is 10.4. The van der Waals surface area contributed by atoms with Gasteiger partial charge in [0.1, 0.15) is 5.54 Å². The van der Waals surface area contributed by atoms with Crippen LogP contribution in [0.5, 0.6) is 0 Å². The van der Waals surface area contributed by atoms with Crippen LogP contribution in [0.1, 0.15) is 19.5 Å². The maximum absolute atomic E-state index is 11.9. The molecule has 7 heteroatoms. The van der Waals surface area contributed by atoms with E-state index in [1.807, 2.05) is 0 Å². The van der Waals surface area contributed by atoms with Gasteiger partial charge >= 0.3 is 6.03 Å². The normalized spacial score (nSPS) is 18.3. The molecule has 1 aromatic rings. The summed E-state index contributed by atoms with van der Waals surface area (Å²) >= 11 is 0. The molecule has 1 saturated heterocycles. The van der Waals surface area contributed by atoms with E-state index in [1.165, 1.54) is 4.90 Å². The highest BCUT2D eigenvalue weighted by Crippen LogP contribution is 2.16. The van der Waals surface area contributed by atoms with Gasteiger partial charge in [-0.05, 0) is 13.8 Å². The summed E-state index contributed by atoms with van der Waals surface area (Å²) in [5.41, 5.74) is -0.187. The number of imide groups is 1. The van der Waals surface area contributed by atoms with Crippen LogP contribution in [0, 0.1) is 0 Å². The fourth-order valence-electron chi connectivity index (χ4n) is 1.91. The van der Waals surface area contributed by atoms with Crippen LogP contribution in [-0.2, 0) is 17.9 Å². The number of aliphatic hydroxyl groups is 1. The average Bonchev–Trinajstić information content (AvgIpc) is 2.82. The third kappa shape index (κ3) is 2.08. The lowest BCUT2D eigenvalue weighted by molar-refractivity contribution is -0.130. The first kappa shape index (κ1) is 12.6. The Bertz CT molecular complexity index is 480. The first-order valence-electron chi connectivity index (χ1n) is 5.69. The third-order valence-corrected chi connectivity index (χ3v) is 2.97. The van der Waals surface area contributed by atoms with Crippen molar-refractivity contribution in [1.82, 2.24) is 19.8 Å². The van der Waals surface area contributed by atoms with Crippen molar-refractivity contribution >= 4 is 11.9 Å². The summed E-state index contributed by atoms with van der Waals surface area (Å²) in [6.45, 7) is 3.90. The van der Waals surface area contributed by atoms with E-state index in [0.29, 0.717) is 12.2 Å². The van der Waals surface area contributed by atoms with E-state index in [-0.39, 0.29) is 25.1 Å². The molecular formula is C11H16N4O3. The van der Waals surface area contributed by atoms with Crippen molar-refractivity contribution in [1.29, 1.82) is 0 Å². The van der Waals surface area contributed by atoms with Crippen LogP contribution in [0.15, 0.2) is 12.5 Å². The van der Waals surface area contributed by atoms with Crippen LogP contribution >= 0.6 is 0 Å². The summed E-state index contributed by atoms with van der Waals surface area (Å²) in [7, 11) is 0. The van der Waals surface area contributed by atoms with E-state index in [2.05, 4.69) is 10.3 Å². The van der Waals surface area contributed by atoms with Crippen LogP contribution in [0.25, 0.3) is 0 Å². The molecule has 2 heterocycles. The predicted molar refractivity (Wildman–Crippen MR) is 62.5 cm³/mol. The highest BCUT2D eigenvalue weighted by Gasteiger charge is 2.43. The quantitative estimate of drug-likeness (QED) is 0.721. The molecule has 0 saturated carbocycles. The first-order valence-corrected chi connectivity index (χ1v) is 5.69. The Morgan fingerprint density at radius 3 is 2.67 bits per heavy atom. The van der Waals surface area contributed by atoms with Gasteiger partial charge in [-0.2, -0.15) is 0 Å². The van der Waals surface area contributed by atoms with E-state index in [4.69, 9.17) is 5.11 Å². The highest BCUT2D eigenvalue weighted by atomic mass is 16.3. The molecule has 0 aliphatic carbocycles. The monoisotopic (exact) mass is 252 g/mol. The highest BCUT2D eigenvalue weighted by molar-refractivity contribution is 6.06. The van der Waals surface area contributed by atoms with Gasteiger partial charge in [-0.25, -0.2) is 9.78 Å². The number of imidazole rings is 1. The Hall–Kier alpha value is -1.89. The van der Waals surface area contributed by atoms with Gasteiger partial charge in [-0.15, -0.1) is 0 Å². The summed E-state index contributed by atoms with van der Waals surface area (Å²) in [6, 6.07) is -0.379. The topological polar surface area (TPSA) is 87.5 Å². The molecule has 1 fully saturated rings. The largest absolute Gasteiger partial charge is 0.390 e. The summed E-state index contributed by atoms with van der Waals surface area (Å²) in [5.74, 6) is -0.238. The van der Waals surface area contributed by atoms with Gasteiger partial charge < -0.3 is 15.0 Å². The molecule has 0 atom stereocenters. The number of aromatic nitrogens is 2. The minimum atomic E-state index is -0.841. The molecule has 1 aliphatic rings. The molecule has 0 spiro atoms. The second-order valence-corrected chi connectivity index (χ2v) is 4.75. The zero-order valence-corrected chi connectivity index (χ0v) is 10.4. The van der Waals surface area contributed by atoms with Crippen molar-refractivity contribution in [2.24, 2.45) is 0 Å². The van der Waals surface area contributed by atoms with Crippen LogP contribution in [-0.4, -0.2) is 43.6 Å². The number of rotatable bonds is 4. The lowest BCUT2D eigenvalue weighted by Crippen LogP contribution is -2.40. The number of carbonyl (C=O) groups is 2. The Morgan fingerprint density at radius 1 is 1.39 bits per heavy atom. The van der Waals surface area contributed by atoms with Crippen molar-refractivity contribution in [2.45, 2.75) is 32.5 Å². The van der Waals surface area contributed by atoms with Gasteiger partial charge in [-0.3, -0.25) is 9.69 Å². The standard InChI is InChI=1S/C11H16N4O3/c1-11(2)9(17)15(10(18)13-11)4-3-14-7-12-5-8(14)6-16/h5,7,16H,3-4,6H2,1-2H3,(H,13,18). The summed E-state index contributed by atoms with van der Waals surface area (Å²) in [4.78, 5) is 28.6. The maximum Gasteiger partial charge on any atom is 0.325 e. The molecule has 0 unspecified atom stereocenters. The summed E-state index contributed by atoms with van der Waals surface area (Å²) in [5, 5.41) is 11.7. The van der Waals surface area contributed by atoms with Gasteiger partial charge in [0.05, 0.1) is 24.8 Å². The van der Waals surface area contributed by atoms with E-state index in [9.17, 15) is 9.59 Å². The number of urea groups is 1. The third-order valence-electron chi connectivity index (χ3n) is 2.97. The molecule has 98 valence electrons. The van der Waals surface area contributed by atoms with E-state index >= 15 is 0 Å². The molecule has 1 aromatic heterocycles. The van der Waals surface area contributed by atoms with Gasteiger partial charge in [0.15, 0.2) is 0 Å². The molecule has 0 radical (unpaired) electrons. The molecule has 2 rings (SSSR count). The van der Waals surface area contributed by atoms with Gasteiger partial charge in [0, 0.05) is 13.1 Å². The number of nitrogens with one attached hydrogen (secondary N) is 1. The minimum absolute atomic E-state index is 0.119. The fourth-order valence-corrected chi connectivity index (χ4v) is 1.91. The van der Waals surface area contributed by atoms with Gasteiger partial charge in [0.2, 0.25) is 0 Å². The molecular weight excluding hydrogens is 236 g/mol. The second-order valence-electron chi connectivity index (χ2n) is 4.75. The number of aliphatic hydroxyl groups excluding tert-OH is 1. The first-order chi connectivity index (χ1) is 8.45. The molecule has 1 aliphatic heterocycles. The van der Waals surface area contributed by atoms with Gasteiger partial charge in [-0.1, -0.05) is 0 Å². The Kier molecular flexibility index (Phi) is 3.08. The van der Waals surface area contributed by atoms with Crippen LogP contribution in [0.2, 0.25) is 0 Å². The van der Waals surface area contributed by atoms with E-state index in [1.54, 1.807) is 30.9 Å². The molecule has 7 nitrogen and oxygen atoms in total. The van der Waals surface area contributed by atoms with Crippen LogP contribution < -0.4 is 5.32 Å². The van der Waals surface area contributed by atoms with Crippen molar-refractivity contribution in [3.05, 3.63) is 18.2 Å². The van der Waals surface area contributed by atoms with E-state index in [0.717, 1.165) is 0 Å². The maximum atomic E-state index is 11.9. The minimum Gasteiger partial charge on any atom is -0.390 e. The SMILES string of the molecule is CC1(C)NC(=O)N(CCn2cncc2CO)C1=O. The van der Waals surface area contributed by atoms with Crippen molar-refractivity contribution < 1.29 is 14.7 Å². The lowest BCUT2D eigenvalue weighted by Gasteiger charge is -2.16. The van der Waals surface area contributed by atoms with Crippen LogP contribution in [0.4, 0.5) is 4.79 Å². The van der Waals surface area contributed by atoms with E-state index < -0.39 is 5.54 Å². The molecule has 0 aromatic carbocycles. The Labute approximate surface area is 104 Å². The van der Waals surface area contributed by atoms with Crippen LogP contribution in [0.3, 0.4) is 0 Å². The predicted octanol–water partition coefficient (Wildman–Crippen LogP) is -0.294. The van der Waals surface area contributed by atoms with Crippen molar-refractivity contribution in [2.75, 3.05) is 6.54 Å². The lowest BCUT2D eigenvalue weighted by atomic mass is 10.1. The second kappa shape index (κ2) is 4.41. The van der Waals surface area contributed by atoms with Gasteiger partial charge in [0.25, 0.3) is 5.91 Å². The number of hydrogen-bond acceptors (Lipinski definition) is 4. The Morgan fingerprint density at radius 2 is 2.11 bits per heavy atom. The fraction of sp³-hybridized carbons (Fsp3) is 0.545. The molecule has 18 heavy (non-hydrogen) atoms. The molecule has 2 N–H and O–H groups in total. The number of amides is 3. The summed E-state index contributed by atoms with van der Waals surface area (Å²) in [6.07, 6.45) is 3.12. The zero-order chi connectivity index (χ0) is 13.3. The number of carbonyl (C=O) groups excluding carboxylic acids is 2. The molecule has 0 bridgehead atoms. The Balaban J connectivity index is 2.03. The number of nitrogens with zero attached hydrogens (tertiary/aromatic N) is 3. The van der Waals surface area contributed by atoms with Crippen molar-refractivity contribution in [3.63, 3.8) is 0 Å². The average molecular weight is 252 g/mol.